The lowest BCUT2D eigenvalue weighted by atomic mass is 10.1. The van der Waals surface area contributed by atoms with E-state index in [-0.39, 0.29) is 19.1 Å². The molecule has 1 aliphatic rings. The first-order valence-corrected chi connectivity index (χ1v) is 5.90. The van der Waals surface area contributed by atoms with E-state index >= 15 is 0 Å². The van der Waals surface area contributed by atoms with Crippen LogP contribution in [0.1, 0.15) is 26.7 Å². The van der Waals surface area contributed by atoms with Crippen molar-refractivity contribution in [2.75, 3.05) is 19.7 Å². The third kappa shape index (κ3) is 3.43. The van der Waals surface area contributed by atoms with E-state index < -0.39 is 17.5 Å². The summed E-state index contributed by atoms with van der Waals surface area (Å²) in [6, 6.07) is -0.546. The number of imide groups is 1. The molecule has 0 aromatic carbocycles. The number of urea groups is 1. The van der Waals surface area contributed by atoms with Gasteiger partial charge in [0.25, 0.3) is 5.91 Å². The molecule has 0 spiro atoms. The van der Waals surface area contributed by atoms with E-state index in [9.17, 15) is 14.4 Å². The minimum Gasteiger partial charge on any atom is -0.396 e. The van der Waals surface area contributed by atoms with Crippen LogP contribution in [0.25, 0.3) is 0 Å². The maximum atomic E-state index is 11.8. The number of carbonyl (C=O) groups is 3. The molecule has 4 amide bonds. The number of aliphatic hydroxyl groups excluding tert-OH is 1. The van der Waals surface area contributed by atoms with Crippen LogP contribution in [0, 0.1) is 0 Å². The fourth-order valence-corrected chi connectivity index (χ4v) is 1.63. The number of unbranched alkanes of at least 4 members (excludes halogenated alkanes) is 1. The quantitative estimate of drug-likeness (QED) is 0.429. The second-order valence-electron chi connectivity index (χ2n) is 4.73. The van der Waals surface area contributed by atoms with Gasteiger partial charge in [-0.05, 0) is 26.7 Å². The lowest BCUT2D eigenvalue weighted by Gasteiger charge is -2.15. The van der Waals surface area contributed by atoms with Crippen molar-refractivity contribution in [3.63, 3.8) is 0 Å². The molecule has 1 aliphatic heterocycles. The van der Waals surface area contributed by atoms with Crippen LogP contribution in [0.3, 0.4) is 0 Å². The number of amides is 4. The fourth-order valence-electron chi connectivity index (χ4n) is 1.63. The molecule has 0 bridgehead atoms. The Bertz CT molecular complexity index is 354. The standard InChI is InChI=1S/C11H19N3O4/c1-11(2)9(17)14(10(18)13-11)7-8(16)12-5-3-4-6-15/h15H,3-7H2,1-2H3,(H,12,16)(H,13,18). The predicted octanol–water partition coefficient (Wildman–Crippen LogP) is -0.794. The Labute approximate surface area is 106 Å². The van der Waals surface area contributed by atoms with E-state index in [1.54, 1.807) is 13.8 Å². The summed E-state index contributed by atoms with van der Waals surface area (Å²) in [5.74, 6) is -0.785. The molecule has 7 nitrogen and oxygen atoms in total. The molecule has 18 heavy (non-hydrogen) atoms. The maximum absolute atomic E-state index is 11.8. The van der Waals surface area contributed by atoms with Gasteiger partial charge in [-0.3, -0.25) is 14.5 Å². The largest absolute Gasteiger partial charge is 0.396 e. The Balaban J connectivity index is 2.41. The first-order valence-electron chi connectivity index (χ1n) is 5.90. The Kier molecular flexibility index (Phi) is 4.66. The Morgan fingerprint density at radius 1 is 1.39 bits per heavy atom. The van der Waals surface area contributed by atoms with Crippen molar-refractivity contribution >= 4 is 17.8 Å². The highest BCUT2D eigenvalue weighted by molar-refractivity contribution is 6.08. The van der Waals surface area contributed by atoms with Crippen molar-refractivity contribution in [1.82, 2.24) is 15.5 Å². The van der Waals surface area contributed by atoms with Gasteiger partial charge in [0.2, 0.25) is 5.91 Å². The van der Waals surface area contributed by atoms with Crippen LogP contribution in [0.15, 0.2) is 0 Å². The highest BCUT2D eigenvalue weighted by Gasteiger charge is 2.44. The number of hydrogen-bond donors (Lipinski definition) is 3. The van der Waals surface area contributed by atoms with Gasteiger partial charge in [0.15, 0.2) is 0 Å². The van der Waals surface area contributed by atoms with Crippen molar-refractivity contribution in [1.29, 1.82) is 0 Å². The zero-order chi connectivity index (χ0) is 13.8. The highest BCUT2D eigenvalue weighted by Crippen LogP contribution is 2.15. The van der Waals surface area contributed by atoms with Gasteiger partial charge in [-0.1, -0.05) is 0 Å². The molecule has 1 fully saturated rings. The van der Waals surface area contributed by atoms with Gasteiger partial charge in [0, 0.05) is 13.2 Å². The summed E-state index contributed by atoms with van der Waals surface area (Å²) in [4.78, 5) is 35.7. The van der Waals surface area contributed by atoms with Crippen LogP contribution in [0.4, 0.5) is 4.79 Å². The third-order valence-electron chi connectivity index (χ3n) is 2.65. The lowest BCUT2D eigenvalue weighted by Crippen LogP contribution is -2.43. The Morgan fingerprint density at radius 2 is 2.06 bits per heavy atom. The van der Waals surface area contributed by atoms with E-state index in [1.165, 1.54) is 0 Å². The molecule has 7 heteroatoms. The number of hydrogen-bond acceptors (Lipinski definition) is 4. The van der Waals surface area contributed by atoms with Crippen LogP contribution >= 0.6 is 0 Å². The second-order valence-corrected chi connectivity index (χ2v) is 4.73. The normalized spacial score (nSPS) is 17.8. The van der Waals surface area contributed by atoms with Crippen molar-refractivity contribution in [3.8, 4) is 0 Å². The smallest absolute Gasteiger partial charge is 0.325 e. The van der Waals surface area contributed by atoms with Crippen LogP contribution in [0.5, 0.6) is 0 Å². The summed E-state index contributed by atoms with van der Waals surface area (Å²) in [5.41, 5.74) is -0.950. The average molecular weight is 257 g/mol. The number of nitrogens with zero attached hydrogens (tertiary/aromatic N) is 1. The summed E-state index contributed by atoms with van der Waals surface area (Å²) < 4.78 is 0. The minimum atomic E-state index is -0.950. The molecule has 3 N–H and O–H groups in total. The Hall–Kier alpha value is -1.63. The highest BCUT2D eigenvalue weighted by atomic mass is 16.3. The fraction of sp³-hybridized carbons (Fsp3) is 0.727. The number of carbonyl (C=O) groups excluding carboxylic acids is 3. The number of rotatable bonds is 6. The molecule has 1 rings (SSSR count). The van der Waals surface area contributed by atoms with Crippen molar-refractivity contribution < 1.29 is 19.5 Å². The van der Waals surface area contributed by atoms with Crippen molar-refractivity contribution in [2.45, 2.75) is 32.2 Å². The first kappa shape index (κ1) is 14.4. The number of aliphatic hydroxyl groups is 1. The topological polar surface area (TPSA) is 98.7 Å². The van der Waals surface area contributed by atoms with Crippen molar-refractivity contribution in [2.24, 2.45) is 0 Å². The van der Waals surface area contributed by atoms with E-state index in [1.807, 2.05) is 0 Å². The molecule has 1 saturated heterocycles. The van der Waals surface area contributed by atoms with Crippen LogP contribution in [0.2, 0.25) is 0 Å². The lowest BCUT2D eigenvalue weighted by molar-refractivity contribution is -0.134. The summed E-state index contributed by atoms with van der Waals surface area (Å²) in [6.07, 6.45) is 1.27. The van der Waals surface area contributed by atoms with E-state index in [0.717, 1.165) is 4.90 Å². The molecule has 0 radical (unpaired) electrons. The second kappa shape index (κ2) is 5.81. The maximum Gasteiger partial charge on any atom is 0.325 e. The Morgan fingerprint density at radius 3 is 2.56 bits per heavy atom. The van der Waals surface area contributed by atoms with Gasteiger partial charge >= 0.3 is 6.03 Å². The molecule has 0 aliphatic carbocycles. The molecular weight excluding hydrogens is 238 g/mol. The molecule has 0 unspecified atom stereocenters. The molecular formula is C11H19N3O4. The zero-order valence-corrected chi connectivity index (χ0v) is 10.7. The van der Waals surface area contributed by atoms with Crippen LogP contribution in [-0.2, 0) is 9.59 Å². The minimum absolute atomic E-state index is 0.0804. The molecule has 0 saturated carbocycles. The third-order valence-corrected chi connectivity index (χ3v) is 2.65. The zero-order valence-electron chi connectivity index (χ0n) is 10.7. The molecule has 0 aromatic rings. The monoisotopic (exact) mass is 257 g/mol. The van der Waals surface area contributed by atoms with E-state index in [2.05, 4.69) is 10.6 Å². The summed E-state index contributed by atoms with van der Waals surface area (Å²) in [7, 11) is 0. The van der Waals surface area contributed by atoms with Gasteiger partial charge in [-0.25, -0.2) is 4.79 Å². The molecule has 0 aromatic heterocycles. The molecule has 1 heterocycles. The summed E-state index contributed by atoms with van der Waals surface area (Å²) in [6.45, 7) is 3.41. The van der Waals surface area contributed by atoms with Gasteiger partial charge in [-0.2, -0.15) is 0 Å². The molecule has 102 valence electrons. The SMILES string of the molecule is CC1(C)NC(=O)N(CC(=O)NCCCCO)C1=O. The van der Waals surface area contributed by atoms with Gasteiger partial charge in [0.1, 0.15) is 12.1 Å². The average Bonchev–Trinajstić information content (AvgIpc) is 2.47. The van der Waals surface area contributed by atoms with Crippen molar-refractivity contribution in [3.05, 3.63) is 0 Å². The van der Waals surface area contributed by atoms with Gasteiger partial charge < -0.3 is 15.7 Å². The van der Waals surface area contributed by atoms with Crippen LogP contribution in [-0.4, -0.2) is 53.1 Å². The summed E-state index contributed by atoms with van der Waals surface area (Å²) in [5, 5.41) is 13.7. The van der Waals surface area contributed by atoms with E-state index in [4.69, 9.17) is 5.11 Å². The summed E-state index contributed by atoms with van der Waals surface area (Å²) >= 11 is 0. The predicted molar refractivity (Wildman–Crippen MR) is 63.7 cm³/mol. The molecule has 0 atom stereocenters. The first-order chi connectivity index (χ1) is 8.38. The van der Waals surface area contributed by atoms with Gasteiger partial charge in [0.05, 0.1) is 0 Å². The van der Waals surface area contributed by atoms with E-state index in [0.29, 0.717) is 19.4 Å². The van der Waals surface area contributed by atoms with Gasteiger partial charge in [-0.15, -0.1) is 0 Å². The van der Waals surface area contributed by atoms with Crippen LogP contribution < -0.4 is 10.6 Å². The number of nitrogens with one attached hydrogen (secondary N) is 2.